The van der Waals surface area contributed by atoms with Crippen molar-refractivity contribution in [3.63, 3.8) is 0 Å². The quantitative estimate of drug-likeness (QED) is 0.575. The second-order valence-corrected chi connectivity index (χ2v) is 5.11. The molecule has 3 heteroatoms. The number of allylic oxidation sites excluding steroid dienone is 1. The first-order chi connectivity index (χ1) is 11.2. The molecule has 0 unspecified atom stereocenters. The third kappa shape index (κ3) is 3.71. The summed E-state index contributed by atoms with van der Waals surface area (Å²) in [6.45, 7) is 0. The third-order valence-electron chi connectivity index (χ3n) is 3.48. The number of nitrogens with zero attached hydrogens (tertiary/aromatic N) is 1. The smallest absolute Gasteiger partial charge is 0.185 e. The Labute approximate surface area is 134 Å². The highest BCUT2D eigenvalue weighted by Crippen LogP contribution is 2.19. The molecule has 0 saturated carbocycles. The molecule has 0 aliphatic carbocycles. The number of aromatic hydroxyl groups is 1. The van der Waals surface area contributed by atoms with Crippen LogP contribution in [0.25, 0.3) is 17.2 Å². The Kier molecular flexibility index (Phi) is 4.29. The highest BCUT2D eigenvalue weighted by molar-refractivity contribution is 6.07. The SMILES string of the molecule is O=C(/C=C/c1ccc(-c2ccncc2)cc1)c1cccc(O)c1. The molecule has 0 spiro atoms. The van der Waals surface area contributed by atoms with E-state index in [9.17, 15) is 9.90 Å². The van der Waals surface area contributed by atoms with Crippen LogP contribution >= 0.6 is 0 Å². The lowest BCUT2D eigenvalue weighted by Crippen LogP contribution is -1.93. The number of phenolic OH excluding ortho intramolecular Hbond substituents is 1. The van der Waals surface area contributed by atoms with Crippen LogP contribution in [-0.2, 0) is 0 Å². The van der Waals surface area contributed by atoms with E-state index in [4.69, 9.17) is 0 Å². The normalized spacial score (nSPS) is 10.8. The maximum absolute atomic E-state index is 12.1. The molecule has 23 heavy (non-hydrogen) atoms. The molecule has 0 fully saturated rings. The molecule has 1 heterocycles. The van der Waals surface area contributed by atoms with Crippen molar-refractivity contribution in [2.24, 2.45) is 0 Å². The molecule has 1 N–H and O–H groups in total. The van der Waals surface area contributed by atoms with E-state index >= 15 is 0 Å². The summed E-state index contributed by atoms with van der Waals surface area (Å²) >= 11 is 0. The number of benzene rings is 2. The van der Waals surface area contributed by atoms with Crippen molar-refractivity contribution < 1.29 is 9.90 Å². The number of pyridine rings is 1. The number of carbonyl (C=O) groups excluding carboxylic acids is 1. The van der Waals surface area contributed by atoms with Gasteiger partial charge >= 0.3 is 0 Å². The van der Waals surface area contributed by atoms with Gasteiger partial charge in [0.1, 0.15) is 5.75 Å². The van der Waals surface area contributed by atoms with Crippen LogP contribution in [0.3, 0.4) is 0 Å². The molecule has 0 amide bonds. The Morgan fingerprint density at radius 1 is 0.913 bits per heavy atom. The molecule has 3 nitrogen and oxygen atoms in total. The molecule has 2 aromatic carbocycles. The van der Waals surface area contributed by atoms with Crippen molar-refractivity contribution in [2.75, 3.05) is 0 Å². The summed E-state index contributed by atoms with van der Waals surface area (Å²) in [4.78, 5) is 16.1. The zero-order chi connectivity index (χ0) is 16.1. The Bertz CT molecular complexity index is 837. The molecule has 0 bridgehead atoms. The number of rotatable bonds is 4. The average molecular weight is 301 g/mol. The fraction of sp³-hybridized carbons (Fsp3) is 0. The average Bonchev–Trinajstić information content (AvgIpc) is 2.61. The fourth-order valence-electron chi connectivity index (χ4n) is 2.26. The van der Waals surface area contributed by atoms with Gasteiger partial charge in [-0.2, -0.15) is 0 Å². The fourth-order valence-corrected chi connectivity index (χ4v) is 2.26. The first-order valence-electron chi connectivity index (χ1n) is 7.24. The van der Waals surface area contributed by atoms with E-state index < -0.39 is 0 Å². The van der Waals surface area contributed by atoms with Crippen molar-refractivity contribution in [1.82, 2.24) is 4.98 Å². The van der Waals surface area contributed by atoms with Crippen LogP contribution in [0.15, 0.2) is 79.1 Å². The van der Waals surface area contributed by atoms with Gasteiger partial charge in [-0.25, -0.2) is 0 Å². The van der Waals surface area contributed by atoms with Gasteiger partial charge in [0, 0.05) is 18.0 Å². The molecule has 0 radical (unpaired) electrons. The van der Waals surface area contributed by atoms with Gasteiger partial charge in [0.15, 0.2) is 5.78 Å². The molecule has 1 aromatic heterocycles. The van der Waals surface area contributed by atoms with Crippen LogP contribution in [0, 0.1) is 0 Å². The van der Waals surface area contributed by atoms with Crippen molar-refractivity contribution in [3.8, 4) is 16.9 Å². The first kappa shape index (κ1) is 14.7. The van der Waals surface area contributed by atoms with Crippen LogP contribution in [0.4, 0.5) is 0 Å². The van der Waals surface area contributed by atoms with Gasteiger partial charge in [0.05, 0.1) is 0 Å². The molecule has 3 rings (SSSR count). The van der Waals surface area contributed by atoms with E-state index in [1.54, 1.807) is 36.7 Å². The Balaban J connectivity index is 1.74. The monoisotopic (exact) mass is 301 g/mol. The maximum Gasteiger partial charge on any atom is 0.185 e. The first-order valence-corrected chi connectivity index (χ1v) is 7.24. The Morgan fingerprint density at radius 3 is 2.30 bits per heavy atom. The Morgan fingerprint density at radius 2 is 1.61 bits per heavy atom. The van der Waals surface area contributed by atoms with Gasteiger partial charge in [-0.1, -0.05) is 42.5 Å². The van der Waals surface area contributed by atoms with Gasteiger partial charge in [-0.3, -0.25) is 9.78 Å². The molecular formula is C20H15NO2. The standard InChI is InChI=1S/C20H15NO2/c22-19-3-1-2-18(14-19)20(23)9-6-15-4-7-16(8-5-15)17-10-12-21-13-11-17/h1-14,22H/b9-6+. The van der Waals surface area contributed by atoms with Crippen LogP contribution in [-0.4, -0.2) is 15.9 Å². The van der Waals surface area contributed by atoms with E-state index in [-0.39, 0.29) is 11.5 Å². The number of aromatic nitrogens is 1. The molecule has 0 saturated heterocycles. The second kappa shape index (κ2) is 6.71. The summed E-state index contributed by atoms with van der Waals surface area (Å²) in [5.41, 5.74) is 3.61. The number of carbonyl (C=O) groups is 1. The minimum Gasteiger partial charge on any atom is -0.508 e. The summed E-state index contributed by atoms with van der Waals surface area (Å²) in [7, 11) is 0. The third-order valence-corrected chi connectivity index (χ3v) is 3.48. The topological polar surface area (TPSA) is 50.2 Å². The summed E-state index contributed by atoms with van der Waals surface area (Å²) in [6.07, 6.45) is 6.80. The van der Waals surface area contributed by atoms with E-state index in [1.807, 2.05) is 36.4 Å². The lowest BCUT2D eigenvalue weighted by atomic mass is 10.0. The molecule has 3 aromatic rings. The molecule has 0 aliphatic heterocycles. The summed E-state index contributed by atoms with van der Waals surface area (Å²) in [6, 6.07) is 18.2. The van der Waals surface area contributed by atoms with Crippen molar-refractivity contribution in [3.05, 3.63) is 90.3 Å². The lowest BCUT2D eigenvalue weighted by molar-refractivity contribution is 0.104. The predicted octanol–water partition coefficient (Wildman–Crippen LogP) is 4.35. The van der Waals surface area contributed by atoms with E-state index in [0.29, 0.717) is 5.56 Å². The highest BCUT2D eigenvalue weighted by Gasteiger charge is 2.02. The predicted molar refractivity (Wildman–Crippen MR) is 91.1 cm³/mol. The Hall–Kier alpha value is -3.20. The van der Waals surface area contributed by atoms with Gasteiger partial charge in [0.2, 0.25) is 0 Å². The van der Waals surface area contributed by atoms with E-state index in [2.05, 4.69) is 4.98 Å². The van der Waals surface area contributed by atoms with Gasteiger partial charge < -0.3 is 5.11 Å². The zero-order valence-corrected chi connectivity index (χ0v) is 12.4. The van der Waals surface area contributed by atoms with Crippen LogP contribution in [0.5, 0.6) is 5.75 Å². The molecule has 112 valence electrons. The molecule has 0 atom stereocenters. The van der Waals surface area contributed by atoms with E-state index in [0.717, 1.165) is 16.7 Å². The molecule has 0 aliphatic rings. The summed E-state index contributed by atoms with van der Waals surface area (Å²) in [5.74, 6) is -0.0509. The summed E-state index contributed by atoms with van der Waals surface area (Å²) in [5, 5.41) is 9.41. The summed E-state index contributed by atoms with van der Waals surface area (Å²) < 4.78 is 0. The number of phenols is 1. The van der Waals surface area contributed by atoms with E-state index in [1.165, 1.54) is 12.1 Å². The minimum atomic E-state index is -0.140. The largest absolute Gasteiger partial charge is 0.508 e. The highest BCUT2D eigenvalue weighted by atomic mass is 16.3. The number of hydrogen-bond acceptors (Lipinski definition) is 3. The van der Waals surface area contributed by atoms with Gasteiger partial charge in [-0.05, 0) is 47.0 Å². The van der Waals surface area contributed by atoms with Crippen molar-refractivity contribution >= 4 is 11.9 Å². The second-order valence-electron chi connectivity index (χ2n) is 5.11. The lowest BCUT2D eigenvalue weighted by Gasteiger charge is -2.01. The van der Waals surface area contributed by atoms with Crippen LogP contribution in [0.2, 0.25) is 0 Å². The van der Waals surface area contributed by atoms with Crippen LogP contribution in [0.1, 0.15) is 15.9 Å². The maximum atomic E-state index is 12.1. The van der Waals surface area contributed by atoms with Gasteiger partial charge in [-0.15, -0.1) is 0 Å². The minimum absolute atomic E-state index is 0.0888. The zero-order valence-electron chi connectivity index (χ0n) is 12.4. The number of ketones is 1. The van der Waals surface area contributed by atoms with Crippen molar-refractivity contribution in [1.29, 1.82) is 0 Å². The van der Waals surface area contributed by atoms with Gasteiger partial charge in [0.25, 0.3) is 0 Å². The van der Waals surface area contributed by atoms with Crippen LogP contribution < -0.4 is 0 Å². The molecular weight excluding hydrogens is 286 g/mol. The number of hydrogen-bond donors (Lipinski definition) is 1. The van der Waals surface area contributed by atoms with Crippen molar-refractivity contribution in [2.45, 2.75) is 0 Å².